The van der Waals surface area contributed by atoms with E-state index in [-0.39, 0.29) is 17.8 Å². The van der Waals surface area contributed by atoms with Gasteiger partial charge in [0.25, 0.3) is 0 Å². The van der Waals surface area contributed by atoms with Crippen LogP contribution in [0.4, 0.5) is 0 Å². The van der Waals surface area contributed by atoms with E-state index in [1.807, 2.05) is 18.2 Å². The van der Waals surface area contributed by atoms with Gasteiger partial charge in [-0.1, -0.05) is 35.7 Å². The van der Waals surface area contributed by atoms with Crippen LogP contribution in [-0.4, -0.2) is 47.3 Å². The van der Waals surface area contributed by atoms with Crippen molar-refractivity contribution >= 4 is 23.2 Å². The maximum Gasteiger partial charge on any atom is 0.319 e. The zero-order chi connectivity index (χ0) is 20.6. The number of ether oxygens (including phenoxy) is 2. The van der Waals surface area contributed by atoms with Gasteiger partial charge in [-0.25, -0.2) is 4.98 Å². The Morgan fingerprint density at radius 2 is 1.86 bits per heavy atom. The fourth-order valence-corrected chi connectivity index (χ4v) is 5.21. The number of rotatable bonds is 5. The molecule has 1 aromatic heterocycles. The maximum absolute atomic E-state index is 11.9. The molecule has 2 aromatic rings. The second-order valence-electron chi connectivity index (χ2n) is 7.87. The number of likely N-dealkylation sites (tertiary alicyclic amines) is 1. The molecule has 0 spiro atoms. The summed E-state index contributed by atoms with van der Waals surface area (Å²) in [7, 11) is 3.07. The molecule has 2 bridgehead atoms. The van der Waals surface area contributed by atoms with E-state index >= 15 is 0 Å². The number of nitrogens with zero attached hydrogens (tertiary/aromatic N) is 3. The van der Waals surface area contributed by atoms with Gasteiger partial charge >= 0.3 is 6.01 Å². The third-order valence-corrected chi connectivity index (χ3v) is 6.98. The normalized spacial score (nSPS) is 26.9. The van der Waals surface area contributed by atoms with Crippen molar-refractivity contribution in [1.29, 1.82) is 0 Å². The second kappa shape index (κ2) is 8.26. The van der Waals surface area contributed by atoms with E-state index < -0.39 is 5.60 Å². The summed E-state index contributed by atoms with van der Waals surface area (Å²) in [6, 6.07) is 5.99. The number of fused-ring (bicyclic) bond motifs is 2. The van der Waals surface area contributed by atoms with Crippen molar-refractivity contribution in [1.82, 2.24) is 14.9 Å². The highest BCUT2D eigenvalue weighted by Crippen LogP contribution is 2.51. The first kappa shape index (κ1) is 20.7. The minimum atomic E-state index is -1.01. The SMILES string of the molecule is COc1ncc(C2(O)[C@H]3CCC[C@H]2CN(Cc2ccc(Cl)c(Cl)c2)C3)c(OC)n1. The molecular formula is C21H25Cl2N3O3. The molecule has 1 aliphatic carbocycles. The lowest BCUT2D eigenvalue weighted by atomic mass is 9.63. The molecule has 8 heteroatoms. The first-order valence-corrected chi connectivity index (χ1v) is 10.6. The number of hydrogen-bond acceptors (Lipinski definition) is 6. The monoisotopic (exact) mass is 437 g/mol. The topological polar surface area (TPSA) is 67.7 Å². The molecule has 1 aliphatic heterocycles. The molecule has 2 aliphatic rings. The van der Waals surface area contributed by atoms with Gasteiger partial charge in [0.2, 0.25) is 5.88 Å². The van der Waals surface area contributed by atoms with E-state index in [2.05, 4.69) is 14.9 Å². The molecule has 1 N–H and O–H groups in total. The molecule has 6 nitrogen and oxygen atoms in total. The smallest absolute Gasteiger partial charge is 0.319 e. The number of aromatic nitrogens is 2. The van der Waals surface area contributed by atoms with Gasteiger partial charge in [0.15, 0.2) is 0 Å². The Hall–Kier alpha value is -1.60. The second-order valence-corrected chi connectivity index (χ2v) is 8.69. The molecule has 156 valence electrons. The van der Waals surface area contributed by atoms with E-state index in [1.54, 1.807) is 13.3 Å². The van der Waals surface area contributed by atoms with Crippen LogP contribution in [0.5, 0.6) is 11.9 Å². The van der Waals surface area contributed by atoms with Crippen LogP contribution in [0, 0.1) is 11.8 Å². The number of hydrogen-bond donors (Lipinski definition) is 1. The summed E-state index contributed by atoms with van der Waals surface area (Å²) >= 11 is 12.2. The minimum Gasteiger partial charge on any atom is -0.481 e. The number of aliphatic hydroxyl groups is 1. The van der Waals surface area contributed by atoms with Gasteiger partial charge in [0, 0.05) is 37.7 Å². The van der Waals surface area contributed by atoms with Crippen LogP contribution in [0.15, 0.2) is 24.4 Å². The summed E-state index contributed by atoms with van der Waals surface area (Å²) < 4.78 is 10.6. The molecule has 1 saturated carbocycles. The van der Waals surface area contributed by atoms with Gasteiger partial charge in [-0.3, -0.25) is 4.90 Å². The van der Waals surface area contributed by atoms with Gasteiger partial charge < -0.3 is 14.6 Å². The van der Waals surface area contributed by atoms with Crippen molar-refractivity contribution in [3.8, 4) is 11.9 Å². The van der Waals surface area contributed by atoms with Gasteiger partial charge in [-0.15, -0.1) is 0 Å². The lowest BCUT2D eigenvalue weighted by molar-refractivity contribution is -0.149. The summed E-state index contributed by atoms with van der Waals surface area (Å²) in [6.45, 7) is 2.33. The molecule has 2 heterocycles. The summed E-state index contributed by atoms with van der Waals surface area (Å²) in [5, 5.41) is 13.0. The Bertz CT molecular complexity index is 881. The third-order valence-electron chi connectivity index (χ3n) is 6.24. The number of methoxy groups -OCH3 is 2. The highest BCUT2D eigenvalue weighted by atomic mass is 35.5. The quantitative estimate of drug-likeness (QED) is 0.764. The Balaban J connectivity index is 1.60. The van der Waals surface area contributed by atoms with Crippen LogP contribution in [0.1, 0.15) is 30.4 Å². The van der Waals surface area contributed by atoms with Gasteiger partial charge in [0.1, 0.15) is 5.60 Å². The van der Waals surface area contributed by atoms with E-state index in [0.717, 1.165) is 44.5 Å². The summed E-state index contributed by atoms with van der Waals surface area (Å²) in [5.74, 6) is 0.529. The van der Waals surface area contributed by atoms with Crippen molar-refractivity contribution in [2.45, 2.75) is 31.4 Å². The van der Waals surface area contributed by atoms with Crippen molar-refractivity contribution in [3.63, 3.8) is 0 Å². The average molecular weight is 438 g/mol. The lowest BCUT2D eigenvalue weighted by Crippen LogP contribution is -2.58. The van der Waals surface area contributed by atoms with E-state index in [9.17, 15) is 5.11 Å². The Morgan fingerprint density at radius 3 is 2.48 bits per heavy atom. The predicted molar refractivity (Wildman–Crippen MR) is 112 cm³/mol. The third kappa shape index (κ3) is 3.79. The zero-order valence-corrected chi connectivity index (χ0v) is 18.1. The van der Waals surface area contributed by atoms with Crippen molar-refractivity contribution in [3.05, 3.63) is 45.6 Å². The van der Waals surface area contributed by atoms with Crippen LogP contribution in [-0.2, 0) is 12.1 Å². The first-order valence-electron chi connectivity index (χ1n) is 9.79. The first-order chi connectivity index (χ1) is 14.0. The average Bonchev–Trinajstić information content (AvgIpc) is 2.71. The molecule has 29 heavy (non-hydrogen) atoms. The predicted octanol–water partition coefficient (Wildman–Crippen LogP) is 3.92. The largest absolute Gasteiger partial charge is 0.481 e. The van der Waals surface area contributed by atoms with Crippen molar-refractivity contribution in [2.75, 3.05) is 27.3 Å². The van der Waals surface area contributed by atoms with Crippen molar-refractivity contribution < 1.29 is 14.6 Å². The lowest BCUT2D eigenvalue weighted by Gasteiger charge is -2.53. The molecule has 1 saturated heterocycles. The van der Waals surface area contributed by atoms with Crippen LogP contribution < -0.4 is 9.47 Å². The van der Waals surface area contributed by atoms with E-state index in [4.69, 9.17) is 32.7 Å². The Kier molecular flexibility index (Phi) is 5.89. The molecule has 2 fully saturated rings. The van der Waals surface area contributed by atoms with Gasteiger partial charge in [0.05, 0.1) is 29.8 Å². The maximum atomic E-state index is 11.9. The van der Waals surface area contributed by atoms with Crippen LogP contribution >= 0.6 is 23.2 Å². The fraction of sp³-hybridized carbons (Fsp3) is 0.524. The Morgan fingerprint density at radius 1 is 1.14 bits per heavy atom. The van der Waals surface area contributed by atoms with Crippen molar-refractivity contribution in [2.24, 2.45) is 11.8 Å². The molecule has 1 aromatic carbocycles. The highest BCUT2D eigenvalue weighted by molar-refractivity contribution is 6.42. The molecule has 2 atom stereocenters. The highest BCUT2D eigenvalue weighted by Gasteiger charge is 2.53. The Labute approximate surface area is 180 Å². The summed E-state index contributed by atoms with van der Waals surface area (Å²) in [4.78, 5) is 10.9. The minimum absolute atomic E-state index is 0.0728. The van der Waals surface area contributed by atoms with Crippen LogP contribution in [0.3, 0.4) is 0 Å². The summed E-state index contributed by atoms with van der Waals surface area (Å²) in [6.07, 6.45) is 4.66. The molecule has 0 unspecified atom stereocenters. The summed E-state index contributed by atoms with van der Waals surface area (Å²) in [5.41, 5.74) is 0.766. The standard InChI is InChI=1S/C21H25Cl2N3O3/c1-28-19-16(9-24-20(25-19)29-2)21(27)14-4-3-5-15(21)12-26(11-14)10-13-6-7-17(22)18(23)8-13/h6-9,14-15,27H,3-5,10-12H2,1-2H3/t14-,15-/m0/s1. The van der Waals surface area contributed by atoms with Gasteiger partial charge in [-0.05, 0) is 30.5 Å². The molecular weight excluding hydrogens is 413 g/mol. The van der Waals surface area contributed by atoms with Crippen LogP contribution in [0.2, 0.25) is 10.0 Å². The van der Waals surface area contributed by atoms with Gasteiger partial charge in [-0.2, -0.15) is 4.98 Å². The molecule has 0 radical (unpaired) electrons. The van der Waals surface area contributed by atoms with E-state index in [0.29, 0.717) is 21.5 Å². The zero-order valence-electron chi connectivity index (χ0n) is 16.6. The van der Waals surface area contributed by atoms with E-state index in [1.165, 1.54) is 7.11 Å². The fourth-order valence-electron chi connectivity index (χ4n) is 4.89. The number of benzene rings is 1. The number of halogens is 2. The molecule has 0 amide bonds. The number of piperidine rings is 1. The van der Waals surface area contributed by atoms with Crippen LogP contribution in [0.25, 0.3) is 0 Å². The molecule has 4 rings (SSSR count).